The van der Waals surface area contributed by atoms with Crippen LogP contribution >= 0.6 is 0 Å². The van der Waals surface area contributed by atoms with Crippen LogP contribution in [0.5, 0.6) is 0 Å². The SMILES string of the molecule is CC[C@H](O)[C@@H](C)[C@H]1O[C@H]1C[C@H](C)/C=C/C=C(\C)[C@H]1OC(=O)C[C@H](O)CC[C@@]2(C)O[C@@H](c3ccccc3)O[C@H]2/C=C/[C@@H]1C. The maximum Gasteiger partial charge on any atom is 0.309 e. The third-order valence-corrected chi connectivity index (χ3v) is 9.04. The second-order valence-corrected chi connectivity index (χ2v) is 12.8. The van der Waals surface area contributed by atoms with Crippen molar-refractivity contribution < 1.29 is 34.0 Å². The topological polar surface area (TPSA) is 97.8 Å². The van der Waals surface area contributed by atoms with E-state index >= 15 is 0 Å². The van der Waals surface area contributed by atoms with E-state index in [4.69, 9.17) is 18.9 Å². The molecule has 4 rings (SSSR count). The highest BCUT2D eigenvalue weighted by molar-refractivity contribution is 5.70. The van der Waals surface area contributed by atoms with Crippen LogP contribution in [-0.4, -0.2) is 58.4 Å². The Kier molecular flexibility index (Phi) is 11.2. The van der Waals surface area contributed by atoms with Crippen LogP contribution in [-0.2, 0) is 23.7 Å². The Hall–Kier alpha value is -2.29. The fourth-order valence-corrected chi connectivity index (χ4v) is 6.09. The molecule has 232 valence electrons. The minimum absolute atomic E-state index is 0.0650. The highest BCUT2D eigenvalue weighted by atomic mass is 16.7. The first kappa shape index (κ1) is 32.6. The number of carbonyl (C=O) groups is 1. The summed E-state index contributed by atoms with van der Waals surface area (Å²) in [5, 5.41) is 20.8. The number of fused-ring (bicyclic) bond motifs is 1. The average Bonchev–Trinajstić information content (AvgIpc) is 3.65. The molecular formula is C35H50O7. The Bertz CT molecular complexity index is 1110. The minimum Gasteiger partial charge on any atom is -0.457 e. The first-order chi connectivity index (χ1) is 20.0. The number of rotatable bonds is 9. The van der Waals surface area contributed by atoms with E-state index < -0.39 is 30.1 Å². The zero-order chi connectivity index (χ0) is 30.4. The summed E-state index contributed by atoms with van der Waals surface area (Å²) in [6.45, 7) is 12.2. The van der Waals surface area contributed by atoms with Crippen LogP contribution in [0.15, 0.2) is 66.3 Å². The molecule has 7 heteroatoms. The zero-order valence-electron chi connectivity index (χ0n) is 26.0. The van der Waals surface area contributed by atoms with Gasteiger partial charge in [-0.3, -0.25) is 4.79 Å². The molecule has 0 amide bonds. The summed E-state index contributed by atoms with van der Waals surface area (Å²) in [6, 6.07) is 9.86. The maximum atomic E-state index is 12.8. The number of benzene rings is 1. The van der Waals surface area contributed by atoms with Crippen molar-refractivity contribution in [2.45, 2.75) is 122 Å². The third-order valence-electron chi connectivity index (χ3n) is 9.04. The molecule has 0 aliphatic carbocycles. The number of epoxide rings is 1. The van der Waals surface area contributed by atoms with Crippen LogP contribution in [0.1, 0.15) is 85.5 Å². The molecule has 0 bridgehead atoms. The molecule has 2 saturated heterocycles. The van der Waals surface area contributed by atoms with Gasteiger partial charge in [-0.1, -0.05) is 88.4 Å². The number of aliphatic hydroxyl groups is 2. The number of hydrogen-bond donors (Lipinski definition) is 2. The molecule has 42 heavy (non-hydrogen) atoms. The lowest BCUT2D eigenvalue weighted by atomic mass is 9.89. The van der Waals surface area contributed by atoms with Gasteiger partial charge in [0.15, 0.2) is 6.29 Å². The number of cyclic esters (lactones) is 1. The summed E-state index contributed by atoms with van der Waals surface area (Å²) in [7, 11) is 0. The average molecular weight is 583 g/mol. The van der Waals surface area contributed by atoms with Gasteiger partial charge >= 0.3 is 5.97 Å². The molecule has 0 saturated carbocycles. The van der Waals surface area contributed by atoms with Crippen LogP contribution in [0.4, 0.5) is 0 Å². The van der Waals surface area contributed by atoms with Crippen molar-refractivity contribution in [3.05, 3.63) is 71.8 Å². The Labute approximate surface area is 251 Å². The smallest absolute Gasteiger partial charge is 0.309 e. The largest absolute Gasteiger partial charge is 0.457 e. The van der Waals surface area contributed by atoms with Crippen LogP contribution in [0.25, 0.3) is 0 Å². The Morgan fingerprint density at radius 1 is 1.17 bits per heavy atom. The Morgan fingerprint density at radius 2 is 1.90 bits per heavy atom. The van der Waals surface area contributed by atoms with E-state index in [-0.39, 0.29) is 42.7 Å². The van der Waals surface area contributed by atoms with Crippen LogP contribution in [0.2, 0.25) is 0 Å². The van der Waals surface area contributed by atoms with E-state index in [0.29, 0.717) is 18.8 Å². The van der Waals surface area contributed by atoms with Gasteiger partial charge in [0.2, 0.25) is 0 Å². The van der Waals surface area contributed by atoms with E-state index in [1.165, 1.54) is 0 Å². The lowest BCUT2D eigenvalue weighted by Gasteiger charge is -2.30. The molecule has 3 heterocycles. The van der Waals surface area contributed by atoms with E-state index in [0.717, 1.165) is 24.0 Å². The van der Waals surface area contributed by atoms with Crippen LogP contribution in [0.3, 0.4) is 0 Å². The standard InChI is InChI=1S/C35H50O7/c1-7-28(37)25(5)33-29(39-33)20-22(2)12-11-13-23(3)32-24(4)16-17-30-35(6,19-18-27(36)21-31(38)41-32)42-34(40-30)26-14-9-8-10-15-26/h8-17,22,24-25,27-30,32-34,36-37H,7,18-21H2,1-6H3/b12-11+,17-16+,23-13+/t22-,24+,25-,27-,28+,29+,30+,32-,33-,34+,35-/m1/s1. The summed E-state index contributed by atoms with van der Waals surface area (Å²) in [4.78, 5) is 12.8. The van der Waals surface area contributed by atoms with Crippen molar-refractivity contribution >= 4 is 5.97 Å². The van der Waals surface area contributed by atoms with Crippen molar-refractivity contribution in [3.63, 3.8) is 0 Å². The molecule has 3 aliphatic heterocycles. The highest BCUT2D eigenvalue weighted by Gasteiger charge is 2.46. The van der Waals surface area contributed by atoms with Crippen molar-refractivity contribution in [3.8, 4) is 0 Å². The molecule has 0 unspecified atom stereocenters. The first-order valence-corrected chi connectivity index (χ1v) is 15.6. The van der Waals surface area contributed by atoms with Gasteiger partial charge in [0.05, 0.1) is 36.4 Å². The molecule has 0 radical (unpaired) electrons. The second kappa shape index (κ2) is 14.5. The molecule has 11 atom stereocenters. The van der Waals surface area contributed by atoms with E-state index in [2.05, 4.69) is 26.0 Å². The third kappa shape index (κ3) is 8.42. The molecular weight excluding hydrogens is 532 g/mol. The fraction of sp³-hybridized carbons (Fsp3) is 0.629. The van der Waals surface area contributed by atoms with Crippen molar-refractivity contribution in [1.82, 2.24) is 0 Å². The van der Waals surface area contributed by atoms with Gasteiger partial charge in [-0.2, -0.15) is 0 Å². The lowest BCUT2D eigenvalue weighted by molar-refractivity contribution is -0.151. The monoisotopic (exact) mass is 582 g/mol. The Morgan fingerprint density at radius 3 is 2.62 bits per heavy atom. The van der Waals surface area contributed by atoms with E-state index in [1.54, 1.807) is 0 Å². The van der Waals surface area contributed by atoms with Gasteiger partial charge in [-0.15, -0.1) is 0 Å². The number of allylic oxidation sites excluding steroid dienone is 3. The van der Waals surface area contributed by atoms with E-state index in [1.807, 2.05) is 76.3 Å². The zero-order valence-corrected chi connectivity index (χ0v) is 26.0. The van der Waals surface area contributed by atoms with Crippen LogP contribution in [0, 0.1) is 17.8 Å². The number of esters is 1. The quantitative estimate of drug-likeness (QED) is 0.155. The molecule has 1 aromatic rings. The summed E-state index contributed by atoms with van der Waals surface area (Å²) in [6.07, 6.45) is 10.6. The maximum absolute atomic E-state index is 12.8. The molecule has 0 aromatic heterocycles. The predicted molar refractivity (Wildman–Crippen MR) is 162 cm³/mol. The van der Waals surface area contributed by atoms with Gasteiger partial charge in [0, 0.05) is 17.4 Å². The number of ether oxygens (including phenoxy) is 4. The summed E-state index contributed by atoms with van der Waals surface area (Å²) in [5.74, 6) is -0.0870. The molecule has 0 spiro atoms. The van der Waals surface area contributed by atoms with Gasteiger partial charge in [0.1, 0.15) is 12.2 Å². The Balaban J connectivity index is 1.44. The summed E-state index contributed by atoms with van der Waals surface area (Å²) in [5.41, 5.74) is 1.23. The van der Waals surface area contributed by atoms with Gasteiger partial charge in [-0.05, 0) is 51.0 Å². The molecule has 2 N–H and O–H groups in total. The van der Waals surface area contributed by atoms with E-state index in [9.17, 15) is 15.0 Å². The lowest BCUT2D eigenvalue weighted by Crippen LogP contribution is -2.37. The predicted octanol–water partition coefficient (Wildman–Crippen LogP) is 6.21. The van der Waals surface area contributed by atoms with Gasteiger partial charge in [0.25, 0.3) is 0 Å². The molecule has 1 aromatic carbocycles. The van der Waals surface area contributed by atoms with Gasteiger partial charge in [-0.25, -0.2) is 0 Å². The minimum atomic E-state index is -0.826. The molecule has 2 fully saturated rings. The first-order valence-electron chi connectivity index (χ1n) is 15.6. The number of hydrogen-bond acceptors (Lipinski definition) is 7. The number of carbonyl (C=O) groups excluding carboxylic acids is 1. The summed E-state index contributed by atoms with van der Waals surface area (Å²) >= 11 is 0. The number of aliphatic hydroxyl groups excluding tert-OH is 2. The van der Waals surface area contributed by atoms with Gasteiger partial charge < -0.3 is 29.2 Å². The highest BCUT2D eigenvalue weighted by Crippen LogP contribution is 2.42. The fourth-order valence-electron chi connectivity index (χ4n) is 6.09. The van der Waals surface area contributed by atoms with Crippen molar-refractivity contribution in [2.75, 3.05) is 0 Å². The van der Waals surface area contributed by atoms with Crippen molar-refractivity contribution in [1.29, 1.82) is 0 Å². The molecule has 7 nitrogen and oxygen atoms in total. The molecule has 3 aliphatic rings. The van der Waals surface area contributed by atoms with Crippen molar-refractivity contribution in [2.24, 2.45) is 17.8 Å². The summed E-state index contributed by atoms with van der Waals surface area (Å²) < 4.78 is 24.6. The van der Waals surface area contributed by atoms with Crippen LogP contribution < -0.4 is 0 Å². The normalized spacial score (nSPS) is 37.2. The second-order valence-electron chi connectivity index (χ2n) is 12.8.